The molecule has 1 N–H and O–H groups in total. The Balaban J connectivity index is 1.77. The monoisotopic (exact) mass is 442 g/mol. The van der Waals surface area contributed by atoms with Gasteiger partial charge in [0.15, 0.2) is 11.0 Å². The molecule has 0 spiro atoms. The standard InChI is InChI=1S/C23H30N4O3S/c1-23(2,3)18-10-8-17(9-11-18)21-25-26-22(27(21)15-19-7-5-14-30-19)31-16-20(28)24-12-6-13-29-4/h5,7-11,14H,6,12-13,15-16H2,1-4H3,(H,24,28). The fraction of sp³-hybridized carbons (Fsp3) is 0.435. The van der Waals surface area contributed by atoms with E-state index >= 15 is 0 Å². The number of aromatic nitrogens is 3. The van der Waals surface area contributed by atoms with Gasteiger partial charge in [0.2, 0.25) is 5.91 Å². The van der Waals surface area contributed by atoms with Gasteiger partial charge in [0.25, 0.3) is 0 Å². The maximum absolute atomic E-state index is 12.2. The van der Waals surface area contributed by atoms with E-state index in [1.807, 2.05) is 16.7 Å². The number of carbonyl (C=O) groups is 1. The van der Waals surface area contributed by atoms with Crippen LogP contribution in [0.1, 0.15) is 38.5 Å². The van der Waals surface area contributed by atoms with E-state index in [0.717, 1.165) is 23.6 Å². The number of furan rings is 1. The van der Waals surface area contributed by atoms with Crippen molar-refractivity contribution in [3.8, 4) is 11.4 Å². The van der Waals surface area contributed by atoms with E-state index in [-0.39, 0.29) is 17.1 Å². The average molecular weight is 443 g/mol. The largest absolute Gasteiger partial charge is 0.467 e. The van der Waals surface area contributed by atoms with Crippen LogP contribution in [0.25, 0.3) is 11.4 Å². The van der Waals surface area contributed by atoms with Gasteiger partial charge < -0.3 is 14.5 Å². The van der Waals surface area contributed by atoms with Crippen LogP contribution in [0.5, 0.6) is 0 Å². The lowest BCUT2D eigenvalue weighted by Gasteiger charge is -2.19. The van der Waals surface area contributed by atoms with Crippen LogP contribution in [0.3, 0.4) is 0 Å². The first-order valence-electron chi connectivity index (χ1n) is 10.3. The van der Waals surface area contributed by atoms with Crippen molar-refractivity contribution in [2.45, 2.75) is 44.3 Å². The Hall–Kier alpha value is -2.58. The summed E-state index contributed by atoms with van der Waals surface area (Å²) in [6.45, 7) is 8.29. The summed E-state index contributed by atoms with van der Waals surface area (Å²) >= 11 is 1.37. The number of methoxy groups -OCH3 is 1. The molecule has 8 heteroatoms. The molecule has 7 nitrogen and oxygen atoms in total. The summed E-state index contributed by atoms with van der Waals surface area (Å²) in [7, 11) is 1.65. The summed E-state index contributed by atoms with van der Waals surface area (Å²) in [6, 6.07) is 12.2. The van der Waals surface area contributed by atoms with Gasteiger partial charge in [-0.15, -0.1) is 10.2 Å². The number of rotatable bonds is 10. The lowest BCUT2D eigenvalue weighted by Crippen LogP contribution is -2.27. The minimum Gasteiger partial charge on any atom is -0.467 e. The molecule has 3 aromatic rings. The molecule has 1 amide bonds. The van der Waals surface area contributed by atoms with Crippen LogP contribution in [-0.4, -0.2) is 46.7 Å². The molecular formula is C23H30N4O3S. The van der Waals surface area contributed by atoms with E-state index in [0.29, 0.717) is 24.9 Å². The molecule has 166 valence electrons. The minimum absolute atomic E-state index is 0.0373. The molecule has 2 aromatic heterocycles. The van der Waals surface area contributed by atoms with Crippen LogP contribution in [0.4, 0.5) is 0 Å². The highest BCUT2D eigenvalue weighted by Crippen LogP contribution is 2.28. The second kappa shape index (κ2) is 10.6. The van der Waals surface area contributed by atoms with Crippen molar-refractivity contribution in [2.75, 3.05) is 26.0 Å². The smallest absolute Gasteiger partial charge is 0.230 e. The molecule has 0 saturated heterocycles. The Morgan fingerprint density at radius 2 is 1.97 bits per heavy atom. The number of carbonyl (C=O) groups excluding carboxylic acids is 1. The molecule has 3 rings (SSSR count). The molecule has 0 bridgehead atoms. The van der Waals surface area contributed by atoms with E-state index in [2.05, 4.69) is 60.6 Å². The molecule has 2 heterocycles. The molecule has 0 aliphatic carbocycles. The number of hydrogen-bond donors (Lipinski definition) is 1. The van der Waals surface area contributed by atoms with Crippen molar-refractivity contribution < 1.29 is 13.9 Å². The lowest BCUT2D eigenvalue weighted by atomic mass is 9.87. The fourth-order valence-electron chi connectivity index (χ4n) is 3.05. The van der Waals surface area contributed by atoms with E-state index < -0.39 is 0 Å². The number of amides is 1. The highest BCUT2D eigenvalue weighted by atomic mass is 32.2. The van der Waals surface area contributed by atoms with Crippen molar-refractivity contribution in [2.24, 2.45) is 0 Å². The van der Waals surface area contributed by atoms with Crippen molar-refractivity contribution in [1.82, 2.24) is 20.1 Å². The van der Waals surface area contributed by atoms with Gasteiger partial charge >= 0.3 is 0 Å². The van der Waals surface area contributed by atoms with Gasteiger partial charge in [0, 0.05) is 25.8 Å². The van der Waals surface area contributed by atoms with Crippen molar-refractivity contribution >= 4 is 17.7 Å². The summed E-state index contributed by atoms with van der Waals surface area (Å²) in [5, 5.41) is 12.4. The zero-order valence-electron chi connectivity index (χ0n) is 18.6. The van der Waals surface area contributed by atoms with E-state index in [4.69, 9.17) is 9.15 Å². The maximum Gasteiger partial charge on any atom is 0.230 e. The predicted molar refractivity (Wildman–Crippen MR) is 122 cm³/mol. The zero-order chi connectivity index (χ0) is 22.3. The average Bonchev–Trinajstić information content (AvgIpc) is 3.40. The van der Waals surface area contributed by atoms with Crippen LogP contribution in [0.2, 0.25) is 0 Å². The third kappa shape index (κ3) is 6.45. The number of thioether (sulfide) groups is 1. The number of benzene rings is 1. The summed E-state index contributed by atoms with van der Waals surface area (Å²) in [5.41, 5.74) is 2.31. The van der Waals surface area contributed by atoms with Gasteiger partial charge in [-0.2, -0.15) is 0 Å². The maximum atomic E-state index is 12.2. The van der Waals surface area contributed by atoms with Crippen LogP contribution in [-0.2, 0) is 21.5 Å². The van der Waals surface area contributed by atoms with Crippen LogP contribution in [0, 0.1) is 0 Å². The third-order valence-corrected chi connectivity index (χ3v) is 5.77. The summed E-state index contributed by atoms with van der Waals surface area (Å²) in [6.07, 6.45) is 2.44. The lowest BCUT2D eigenvalue weighted by molar-refractivity contribution is -0.118. The second-order valence-corrected chi connectivity index (χ2v) is 9.23. The van der Waals surface area contributed by atoms with E-state index in [1.54, 1.807) is 13.4 Å². The Kier molecular flexibility index (Phi) is 7.92. The van der Waals surface area contributed by atoms with Crippen molar-refractivity contribution in [3.05, 3.63) is 54.0 Å². The number of ether oxygens (including phenoxy) is 1. The fourth-order valence-corrected chi connectivity index (χ4v) is 3.82. The quantitative estimate of drug-likeness (QED) is 0.376. The SMILES string of the molecule is COCCCNC(=O)CSc1nnc(-c2ccc(C(C)(C)C)cc2)n1Cc1ccco1. The first-order chi connectivity index (χ1) is 14.9. The molecule has 0 radical (unpaired) electrons. The molecule has 31 heavy (non-hydrogen) atoms. The molecule has 1 aromatic carbocycles. The van der Waals surface area contributed by atoms with E-state index in [9.17, 15) is 4.79 Å². The highest BCUT2D eigenvalue weighted by Gasteiger charge is 2.18. The summed E-state index contributed by atoms with van der Waals surface area (Å²) in [5.74, 6) is 1.79. The Morgan fingerprint density at radius 1 is 1.19 bits per heavy atom. The summed E-state index contributed by atoms with van der Waals surface area (Å²) < 4.78 is 12.5. The normalized spacial score (nSPS) is 11.6. The van der Waals surface area contributed by atoms with Crippen LogP contribution < -0.4 is 5.32 Å². The Bertz CT molecular complexity index is 960. The van der Waals surface area contributed by atoms with Gasteiger partial charge in [-0.05, 0) is 29.5 Å². The molecule has 0 unspecified atom stereocenters. The van der Waals surface area contributed by atoms with E-state index in [1.165, 1.54) is 17.3 Å². The zero-order valence-corrected chi connectivity index (χ0v) is 19.4. The van der Waals surface area contributed by atoms with Crippen LogP contribution >= 0.6 is 11.8 Å². The first kappa shape index (κ1) is 23.1. The van der Waals surface area contributed by atoms with Gasteiger partial charge in [0.1, 0.15) is 5.76 Å². The molecule has 0 fully saturated rings. The molecular weight excluding hydrogens is 412 g/mol. The Labute approximate surface area is 187 Å². The van der Waals surface area contributed by atoms with Gasteiger partial charge in [0.05, 0.1) is 18.6 Å². The van der Waals surface area contributed by atoms with Crippen LogP contribution in [0.15, 0.2) is 52.2 Å². The van der Waals surface area contributed by atoms with Gasteiger partial charge in [-0.1, -0.05) is 56.8 Å². The molecule has 0 saturated carbocycles. The molecule has 0 aliphatic rings. The molecule has 0 aliphatic heterocycles. The molecule has 0 atom stereocenters. The van der Waals surface area contributed by atoms with Crippen molar-refractivity contribution in [3.63, 3.8) is 0 Å². The topological polar surface area (TPSA) is 82.2 Å². The Morgan fingerprint density at radius 3 is 2.61 bits per heavy atom. The number of nitrogens with zero attached hydrogens (tertiary/aromatic N) is 3. The number of hydrogen-bond acceptors (Lipinski definition) is 6. The highest BCUT2D eigenvalue weighted by molar-refractivity contribution is 7.99. The predicted octanol–water partition coefficient (Wildman–Crippen LogP) is 4.13. The third-order valence-electron chi connectivity index (χ3n) is 4.80. The first-order valence-corrected chi connectivity index (χ1v) is 11.3. The summed E-state index contributed by atoms with van der Waals surface area (Å²) in [4.78, 5) is 12.2. The van der Waals surface area contributed by atoms with Gasteiger partial charge in [-0.25, -0.2) is 0 Å². The second-order valence-electron chi connectivity index (χ2n) is 8.28. The number of nitrogens with one attached hydrogen (secondary N) is 1. The minimum atomic E-state index is -0.0373. The van der Waals surface area contributed by atoms with Crippen molar-refractivity contribution in [1.29, 1.82) is 0 Å². The van der Waals surface area contributed by atoms with Gasteiger partial charge in [-0.3, -0.25) is 9.36 Å².